The van der Waals surface area contributed by atoms with Crippen LogP contribution in [0.2, 0.25) is 0 Å². The second-order valence-electron chi connectivity index (χ2n) is 5.42. The van der Waals surface area contributed by atoms with Crippen molar-refractivity contribution in [1.82, 2.24) is 0 Å². The van der Waals surface area contributed by atoms with E-state index in [0.29, 0.717) is 5.41 Å². The number of rotatable bonds is 1. The van der Waals surface area contributed by atoms with Crippen LogP contribution >= 0.6 is 0 Å². The highest BCUT2D eigenvalue weighted by Crippen LogP contribution is 2.56. The average Bonchev–Trinajstić information content (AvgIpc) is 2.78. The van der Waals surface area contributed by atoms with Gasteiger partial charge < -0.3 is 0 Å². The monoisotopic (exact) mass is 176 g/mol. The zero-order valence-corrected chi connectivity index (χ0v) is 9.22. The molecular weight excluding hydrogens is 156 g/mol. The molecular formula is C13H20. The summed E-state index contributed by atoms with van der Waals surface area (Å²) in [7, 11) is 0. The van der Waals surface area contributed by atoms with E-state index < -0.39 is 0 Å². The van der Waals surface area contributed by atoms with Crippen LogP contribution in [0.3, 0.4) is 0 Å². The number of hydrogen-bond donors (Lipinski definition) is 0. The van der Waals surface area contributed by atoms with Crippen LogP contribution in [0.15, 0.2) is 23.3 Å². The summed E-state index contributed by atoms with van der Waals surface area (Å²) in [6.07, 6.45) is 7.42. The van der Waals surface area contributed by atoms with Crippen molar-refractivity contribution in [3.05, 3.63) is 23.3 Å². The zero-order valence-electron chi connectivity index (χ0n) is 9.22. The molecule has 0 radical (unpaired) electrons. The first kappa shape index (κ1) is 9.05. The van der Waals surface area contributed by atoms with Gasteiger partial charge in [-0.2, -0.15) is 0 Å². The molecule has 0 nitrogen and oxygen atoms in total. The van der Waals surface area contributed by atoms with Crippen LogP contribution in [0, 0.1) is 17.3 Å². The molecule has 2 atom stereocenters. The summed E-state index contributed by atoms with van der Waals surface area (Å²) in [6, 6.07) is 0. The van der Waals surface area contributed by atoms with E-state index in [0.717, 1.165) is 11.8 Å². The third-order valence-corrected chi connectivity index (χ3v) is 3.42. The Bertz CT molecular complexity index is 273. The minimum absolute atomic E-state index is 0.384. The summed E-state index contributed by atoms with van der Waals surface area (Å²) in [4.78, 5) is 0. The summed E-state index contributed by atoms with van der Waals surface area (Å²) >= 11 is 0. The van der Waals surface area contributed by atoms with E-state index in [1.165, 1.54) is 12.8 Å². The van der Waals surface area contributed by atoms with Gasteiger partial charge in [0.05, 0.1) is 0 Å². The number of allylic oxidation sites excluding steroid dienone is 4. The predicted molar refractivity (Wildman–Crippen MR) is 57.5 cm³/mol. The fourth-order valence-corrected chi connectivity index (χ4v) is 2.58. The van der Waals surface area contributed by atoms with Crippen LogP contribution in [-0.2, 0) is 0 Å². The minimum atomic E-state index is 0.384. The van der Waals surface area contributed by atoms with E-state index in [2.05, 4.69) is 39.8 Å². The van der Waals surface area contributed by atoms with Gasteiger partial charge in [-0.05, 0) is 30.1 Å². The van der Waals surface area contributed by atoms with Gasteiger partial charge in [-0.1, -0.05) is 51.0 Å². The SMILES string of the molecule is CCC1=CC=C(C(C)(C)C)C2CC12. The highest BCUT2D eigenvalue weighted by Gasteiger charge is 2.45. The van der Waals surface area contributed by atoms with Gasteiger partial charge in [0, 0.05) is 0 Å². The lowest BCUT2D eigenvalue weighted by Crippen LogP contribution is -2.13. The number of fused-ring (bicyclic) bond motifs is 1. The molecule has 2 unspecified atom stereocenters. The molecule has 0 bridgehead atoms. The van der Waals surface area contributed by atoms with Gasteiger partial charge in [-0.15, -0.1) is 0 Å². The maximum absolute atomic E-state index is 2.38. The highest BCUT2D eigenvalue weighted by atomic mass is 14.5. The molecule has 0 saturated heterocycles. The van der Waals surface area contributed by atoms with Crippen LogP contribution in [0.4, 0.5) is 0 Å². The molecule has 0 spiro atoms. The maximum Gasteiger partial charge on any atom is -0.0123 e. The predicted octanol–water partition coefficient (Wildman–Crippen LogP) is 3.95. The van der Waals surface area contributed by atoms with Gasteiger partial charge in [-0.3, -0.25) is 0 Å². The largest absolute Gasteiger partial charge is 0.0668 e. The van der Waals surface area contributed by atoms with Gasteiger partial charge >= 0.3 is 0 Å². The van der Waals surface area contributed by atoms with Crippen molar-refractivity contribution in [2.24, 2.45) is 17.3 Å². The summed E-state index contributed by atoms with van der Waals surface area (Å²) in [5, 5.41) is 0. The fraction of sp³-hybridized carbons (Fsp3) is 0.692. The van der Waals surface area contributed by atoms with E-state index in [1.54, 1.807) is 11.1 Å². The Labute approximate surface area is 81.7 Å². The molecule has 1 saturated carbocycles. The molecule has 0 aromatic carbocycles. The Morgan fingerprint density at radius 3 is 2.46 bits per heavy atom. The minimum Gasteiger partial charge on any atom is -0.0668 e. The van der Waals surface area contributed by atoms with Crippen LogP contribution in [-0.4, -0.2) is 0 Å². The van der Waals surface area contributed by atoms with Crippen molar-refractivity contribution < 1.29 is 0 Å². The first-order valence-corrected chi connectivity index (χ1v) is 5.45. The molecule has 0 heteroatoms. The first-order chi connectivity index (χ1) is 6.04. The molecule has 0 aliphatic heterocycles. The molecule has 2 aliphatic carbocycles. The van der Waals surface area contributed by atoms with Gasteiger partial charge in [0.2, 0.25) is 0 Å². The third-order valence-electron chi connectivity index (χ3n) is 3.42. The summed E-state index contributed by atoms with van der Waals surface area (Å²) in [5.41, 5.74) is 3.74. The summed E-state index contributed by atoms with van der Waals surface area (Å²) in [5.74, 6) is 1.82. The molecule has 0 aromatic rings. The van der Waals surface area contributed by atoms with Crippen molar-refractivity contribution in [1.29, 1.82) is 0 Å². The topological polar surface area (TPSA) is 0 Å². The van der Waals surface area contributed by atoms with E-state index in [4.69, 9.17) is 0 Å². The molecule has 2 aliphatic rings. The smallest absolute Gasteiger partial charge is 0.0123 e. The van der Waals surface area contributed by atoms with Crippen molar-refractivity contribution in [2.45, 2.75) is 40.5 Å². The maximum atomic E-state index is 2.38. The first-order valence-electron chi connectivity index (χ1n) is 5.45. The normalized spacial score (nSPS) is 32.0. The van der Waals surface area contributed by atoms with Crippen molar-refractivity contribution in [2.75, 3.05) is 0 Å². The van der Waals surface area contributed by atoms with Crippen molar-refractivity contribution in [3.8, 4) is 0 Å². The standard InChI is InChI=1S/C13H20/c1-5-9-6-7-12(13(2,3)4)11-8-10(9)11/h6-7,10-11H,5,8H2,1-4H3. The molecule has 0 heterocycles. The van der Waals surface area contributed by atoms with E-state index in [1.807, 2.05) is 0 Å². The van der Waals surface area contributed by atoms with Crippen LogP contribution in [0.1, 0.15) is 40.5 Å². The lowest BCUT2D eigenvalue weighted by atomic mass is 9.80. The lowest BCUT2D eigenvalue weighted by molar-refractivity contribution is 0.467. The van der Waals surface area contributed by atoms with Gasteiger partial charge in [0.15, 0.2) is 0 Å². The van der Waals surface area contributed by atoms with E-state index in [9.17, 15) is 0 Å². The van der Waals surface area contributed by atoms with Crippen LogP contribution in [0.25, 0.3) is 0 Å². The van der Waals surface area contributed by atoms with E-state index >= 15 is 0 Å². The van der Waals surface area contributed by atoms with E-state index in [-0.39, 0.29) is 0 Å². The summed E-state index contributed by atoms with van der Waals surface area (Å²) < 4.78 is 0. The second kappa shape index (κ2) is 2.73. The lowest BCUT2D eigenvalue weighted by Gasteiger charge is -2.25. The fourth-order valence-electron chi connectivity index (χ4n) is 2.58. The van der Waals surface area contributed by atoms with Crippen LogP contribution < -0.4 is 0 Å². The Hall–Kier alpha value is -0.520. The Balaban J connectivity index is 2.25. The highest BCUT2D eigenvalue weighted by molar-refractivity contribution is 5.38. The average molecular weight is 176 g/mol. The molecule has 0 amide bonds. The van der Waals surface area contributed by atoms with Gasteiger partial charge in [-0.25, -0.2) is 0 Å². The van der Waals surface area contributed by atoms with Gasteiger partial charge in [0.1, 0.15) is 0 Å². The van der Waals surface area contributed by atoms with Crippen molar-refractivity contribution >= 4 is 0 Å². The molecule has 13 heavy (non-hydrogen) atoms. The van der Waals surface area contributed by atoms with Crippen molar-refractivity contribution in [3.63, 3.8) is 0 Å². The Kier molecular flexibility index (Phi) is 1.90. The molecule has 1 fully saturated rings. The third kappa shape index (κ3) is 1.47. The molecule has 2 rings (SSSR count). The van der Waals surface area contributed by atoms with Gasteiger partial charge in [0.25, 0.3) is 0 Å². The molecule has 72 valence electrons. The Morgan fingerprint density at radius 2 is 1.92 bits per heavy atom. The Morgan fingerprint density at radius 1 is 1.23 bits per heavy atom. The molecule has 0 aromatic heterocycles. The van der Waals surface area contributed by atoms with Crippen LogP contribution in [0.5, 0.6) is 0 Å². The second-order valence-corrected chi connectivity index (χ2v) is 5.42. The quantitative estimate of drug-likeness (QED) is 0.567. The molecule has 0 N–H and O–H groups in total. The summed E-state index contributed by atoms with van der Waals surface area (Å²) in [6.45, 7) is 9.27. The number of hydrogen-bond acceptors (Lipinski definition) is 0. The zero-order chi connectivity index (χ0) is 9.64.